The van der Waals surface area contributed by atoms with Crippen LogP contribution in [0.25, 0.3) is 5.65 Å². The topological polar surface area (TPSA) is 80.4 Å². The first-order chi connectivity index (χ1) is 7.49. The average molecular weight is 241 g/mol. The summed E-state index contributed by atoms with van der Waals surface area (Å²) >= 11 is 5.94. The number of hydrogen-bond acceptors (Lipinski definition) is 4. The van der Waals surface area contributed by atoms with E-state index in [9.17, 15) is 4.79 Å². The van der Waals surface area contributed by atoms with Gasteiger partial charge in [-0.1, -0.05) is 25.4 Å². The molecule has 0 aromatic carbocycles. The lowest BCUT2D eigenvalue weighted by Gasteiger charge is -2.05. The zero-order valence-corrected chi connectivity index (χ0v) is 9.43. The Bertz CT molecular complexity index is 564. The lowest BCUT2D eigenvalue weighted by molar-refractivity contribution is 0.0683. The lowest BCUT2D eigenvalue weighted by atomic mass is 10.1. The molecule has 2 aromatic rings. The summed E-state index contributed by atoms with van der Waals surface area (Å²) in [4.78, 5) is 14.5. The Kier molecular flexibility index (Phi) is 2.51. The van der Waals surface area contributed by atoms with Crippen LogP contribution in [-0.2, 0) is 0 Å². The van der Waals surface area contributed by atoms with Crippen molar-refractivity contribution >= 4 is 23.2 Å². The number of hydrogen-bond donors (Lipinski definition) is 1. The third-order valence-corrected chi connectivity index (χ3v) is 2.43. The van der Waals surface area contributed by atoms with Crippen LogP contribution in [0.15, 0.2) is 6.07 Å². The van der Waals surface area contributed by atoms with Crippen LogP contribution in [0, 0.1) is 0 Å². The predicted octanol–water partition coefficient (Wildman–Crippen LogP) is 1.60. The Morgan fingerprint density at radius 3 is 2.75 bits per heavy atom. The molecular formula is C9H9ClN4O2. The van der Waals surface area contributed by atoms with Gasteiger partial charge in [-0.25, -0.2) is 4.79 Å². The van der Waals surface area contributed by atoms with Crippen LogP contribution in [0.4, 0.5) is 0 Å². The fourth-order valence-electron chi connectivity index (χ4n) is 1.32. The number of aromatic carboxylic acids is 1. The fourth-order valence-corrected chi connectivity index (χ4v) is 1.66. The molecule has 0 radical (unpaired) electrons. The number of fused-ring (bicyclic) bond motifs is 1. The van der Waals surface area contributed by atoms with Crippen LogP contribution in [0.3, 0.4) is 0 Å². The molecule has 1 N–H and O–H groups in total. The monoisotopic (exact) mass is 240 g/mol. The van der Waals surface area contributed by atoms with E-state index >= 15 is 0 Å². The molecule has 7 heteroatoms. The summed E-state index contributed by atoms with van der Waals surface area (Å²) in [5.74, 6) is -1.29. The van der Waals surface area contributed by atoms with Gasteiger partial charge in [0, 0.05) is 0 Å². The number of carboxylic acid groups (broad SMARTS) is 1. The van der Waals surface area contributed by atoms with Gasteiger partial charge >= 0.3 is 5.97 Å². The van der Waals surface area contributed by atoms with Gasteiger partial charge in [-0.15, -0.1) is 14.8 Å². The van der Waals surface area contributed by atoms with Crippen LogP contribution in [0.2, 0.25) is 5.15 Å². The first-order valence-electron chi connectivity index (χ1n) is 4.66. The van der Waals surface area contributed by atoms with Crippen molar-refractivity contribution in [1.29, 1.82) is 0 Å². The fraction of sp³-hybridized carbons (Fsp3) is 0.333. The third kappa shape index (κ3) is 1.71. The van der Waals surface area contributed by atoms with E-state index in [2.05, 4.69) is 15.2 Å². The number of halogens is 1. The Morgan fingerprint density at radius 2 is 2.19 bits per heavy atom. The summed E-state index contributed by atoms with van der Waals surface area (Å²) in [6.45, 7) is 3.93. The van der Waals surface area contributed by atoms with E-state index in [0.29, 0.717) is 10.8 Å². The Labute approximate surface area is 95.9 Å². The van der Waals surface area contributed by atoms with E-state index in [1.54, 1.807) is 6.07 Å². The first-order valence-corrected chi connectivity index (χ1v) is 5.03. The van der Waals surface area contributed by atoms with Gasteiger partial charge in [0.05, 0.1) is 0 Å². The second kappa shape index (κ2) is 3.71. The molecule has 2 heterocycles. The van der Waals surface area contributed by atoms with Gasteiger partial charge in [-0.3, -0.25) is 0 Å². The summed E-state index contributed by atoms with van der Waals surface area (Å²) in [5.41, 5.74) is 1.20. The van der Waals surface area contributed by atoms with E-state index in [-0.39, 0.29) is 11.7 Å². The molecule has 0 fully saturated rings. The van der Waals surface area contributed by atoms with Gasteiger partial charge in [-0.05, 0) is 17.5 Å². The Morgan fingerprint density at radius 1 is 1.50 bits per heavy atom. The van der Waals surface area contributed by atoms with Crippen molar-refractivity contribution in [2.45, 2.75) is 19.8 Å². The molecule has 16 heavy (non-hydrogen) atoms. The molecule has 2 aromatic heterocycles. The number of rotatable bonds is 2. The molecule has 2 rings (SSSR count). The molecule has 0 saturated heterocycles. The van der Waals surface area contributed by atoms with Crippen LogP contribution < -0.4 is 0 Å². The smallest absolute Gasteiger partial charge is 0.375 e. The number of aromatic nitrogens is 4. The summed E-state index contributed by atoms with van der Waals surface area (Å²) in [6.07, 6.45) is 0. The van der Waals surface area contributed by atoms with Gasteiger partial charge in [0.25, 0.3) is 5.82 Å². The highest BCUT2D eigenvalue weighted by Crippen LogP contribution is 2.22. The average Bonchev–Trinajstić information content (AvgIpc) is 2.58. The van der Waals surface area contributed by atoms with Crippen molar-refractivity contribution in [3.05, 3.63) is 22.6 Å². The predicted molar refractivity (Wildman–Crippen MR) is 56.8 cm³/mol. The van der Waals surface area contributed by atoms with Crippen LogP contribution in [0.1, 0.15) is 35.9 Å². The van der Waals surface area contributed by atoms with Crippen molar-refractivity contribution in [2.24, 2.45) is 0 Å². The molecule has 0 aliphatic heterocycles. The van der Waals surface area contributed by atoms with Gasteiger partial charge in [-0.2, -0.15) is 4.98 Å². The highest BCUT2D eigenvalue weighted by atomic mass is 35.5. The standard InChI is InChI=1S/C9H9ClN4O2/c1-4(2)5-3-6-11-8(9(15)16)13-14(6)12-7(5)10/h3-4H,1-2H3,(H,15,16). The highest BCUT2D eigenvalue weighted by Gasteiger charge is 2.15. The molecule has 0 saturated carbocycles. The minimum atomic E-state index is -1.19. The van der Waals surface area contributed by atoms with E-state index in [1.165, 1.54) is 0 Å². The zero-order valence-electron chi connectivity index (χ0n) is 8.68. The molecule has 0 bridgehead atoms. The molecule has 0 spiro atoms. The molecule has 6 nitrogen and oxygen atoms in total. The second-order valence-corrected chi connectivity index (χ2v) is 3.99. The van der Waals surface area contributed by atoms with E-state index in [4.69, 9.17) is 16.7 Å². The normalized spacial score (nSPS) is 11.2. The SMILES string of the molecule is CC(C)c1cc2nc(C(=O)O)nn2nc1Cl. The summed E-state index contributed by atoms with van der Waals surface area (Å²) in [5, 5.41) is 16.7. The van der Waals surface area contributed by atoms with Crippen molar-refractivity contribution in [1.82, 2.24) is 19.8 Å². The van der Waals surface area contributed by atoms with Crippen molar-refractivity contribution in [3.8, 4) is 0 Å². The van der Waals surface area contributed by atoms with Crippen molar-refractivity contribution in [2.75, 3.05) is 0 Å². The maximum absolute atomic E-state index is 10.7. The molecule has 0 amide bonds. The Hall–Kier alpha value is -1.69. The quantitative estimate of drug-likeness (QED) is 0.862. The summed E-state index contributed by atoms with van der Waals surface area (Å²) in [7, 11) is 0. The summed E-state index contributed by atoms with van der Waals surface area (Å²) < 4.78 is 1.12. The van der Waals surface area contributed by atoms with E-state index in [0.717, 1.165) is 10.2 Å². The van der Waals surface area contributed by atoms with Crippen molar-refractivity contribution in [3.63, 3.8) is 0 Å². The number of carbonyl (C=O) groups is 1. The molecule has 0 aliphatic carbocycles. The molecular weight excluding hydrogens is 232 g/mol. The second-order valence-electron chi connectivity index (χ2n) is 3.63. The highest BCUT2D eigenvalue weighted by molar-refractivity contribution is 6.30. The first kappa shape index (κ1) is 10.8. The summed E-state index contributed by atoms with van der Waals surface area (Å²) in [6, 6.07) is 1.69. The zero-order chi connectivity index (χ0) is 11.9. The van der Waals surface area contributed by atoms with Gasteiger partial charge < -0.3 is 5.11 Å². The lowest BCUT2D eigenvalue weighted by Crippen LogP contribution is -2.01. The maximum atomic E-state index is 10.7. The van der Waals surface area contributed by atoms with E-state index < -0.39 is 5.97 Å². The van der Waals surface area contributed by atoms with Crippen LogP contribution in [0.5, 0.6) is 0 Å². The van der Waals surface area contributed by atoms with Crippen LogP contribution in [-0.4, -0.2) is 30.9 Å². The molecule has 0 atom stereocenters. The molecule has 84 valence electrons. The van der Waals surface area contributed by atoms with Gasteiger partial charge in [0.2, 0.25) is 0 Å². The van der Waals surface area contributed by atoms with Crippen LogP contribution >= 0.6 is 11.6 Å². The minimum absolute atomic E-state index is 0.190. The maximum Gasteiger partial charge on any atom is 0.375 e. The molecule has 0 aliphatic rings. The van der Waals surface area contributed by atoms with E-state index in [1.807, 2.05) is 13.8 Å². The minimum Gasteiger partial charge on any atom is -0.475 e. The van der Waals surface area contributed by atoms with Crippen molar-refractivity contribution < 1.29 is 9.90 Å². The number of nitrogens with zero attached hydrogens (tertiary/aromatic N) is 4. The van der Waals surface area contributed by atoms with Gasteiger partial charge in [0.1, 0.15) is 0 Å². The third-order valence-electron chi connectivity index (χ3n) is 2.13. The van der Waals surface area contributed by atoms with Gasteiger partial charge in [0.15, 0.2) is 10.8 Å². The number of carboxylic acids is 1. The molecule has 0 unspecified atom stereocenters. The Balaban J connectivity index is 2.65. The largest absolute Gasteiger partial charge is 0.475 e.